The topological polar surface area (TPSA) is 92.8 Å². The third kappa shape index (κ3) is 4.37. The fourth-order valence-corrected chi connectivity index (χ4v) is 2.82. The van der Waals surface area contributed by atoms with Crippen LogP contribution in [-0.2, 0) is 23.9 Å². The minimum absolute atomic E-state index is 0.410. The Labute approximate surface area is 141 Å². The zero-order valence-electron chi connectivity index (χ0n) is 13.3. The van der Waals surface area contributed by atoms with Gasteiger partial charge in [-0.1, -0.05) is 12.2 Å². The Morgan fingerprint density at radius 3 is 2.24 bits per heavy atom. The summed E-state index contributed by atoms with van der Waals surface area (Å²) in [5.41, 5.74) is 0. The lowest BCUT2D eigenvalue weighted by Crippen LogP contribution is -2.45. The fourth-order valence-electron chi connectivity index (χ4n) is 2.82. The number of rotatable bonds is 5. The Kier molecular flexibility index (Phi) is 5.48. The van der Waals surface area contributed by atoms with E-state index in [1.807, 2.05) is 0 Å². The molecule has 0 radical (unpaired) electrons. The second kappa shape index (κ2) is 7.24. The second-order valence-electron chi connectivity index (χ2n) is 5.88. The molecule has 0 unspecified atom stereocenters. The van der Waals surface area contributed by atoms with E-state index >= 15 is 0 Å². The highest BCUT2D eigenvalue weighted by molar-refractivity contribution is 6.08. The molecular weight excluding hydrogens is 345 g/mol. The monoisotopic (exact) mass is 362 g/mol. The van der Waals surface area contributed by atoms with Gasteiger partial charge in [-0.3, -0.25) is 19.3 Å². The van der Waals surface area contributed by atoms with Gasteiger partial charge in [-0.05, 0) is 19.8 Å². The highest BCUT2D eigenvalue weighted by Gasteiger charge is 2.50. The number of alkyl halides is 3. The molecule has 10 heteroatoms. The van der Waals surface area contributed by atoms with Crippen molar-refractivity contribution >= 4 is 23.7 Å². The molecule has 2 aliphatic rings. The Morgan fingerprint density at radius 1 is 1.24 bits per heavy atom. The maximum atomic E-state index is 12.3. The molecule has 25 heavy (non-hydrogen) atoms. The molecule has 2 rings (SSSR count). The van der Waals surface area contributed by atoms with Crippen LogP contribution in [-0.4, -0.2) is 54.0 Å². The number of fused-ring (bicyclic) bond motifs is 1. The third-order valence-corrected chi connectivity index (χ3v) is 4.10. The van der Waals surface area contributed by atoms with Crippen LogP contribution >= 0.6 is 0 Å². The maximum absolute atomic E-state index is 12.3. The summed E-state index contributed by atoms with van der Waals surface area (Å²) in [6.07, 6.45) is -0.167. The minimum atomic E-state index is -4.58. The summed E-state index contributed by atoms with van der Waals surface area (Å²) in [6.45, 7) is -1.20. The van der Waals surface area contributed by atoms with E-state index in [2.05, 4.69) is 4.74 Å². The fraction of sp³-hybridized carbons (Fsp3) is 0.600. The van der Waals surface area contributed by atoms with E-state index in [4.69, 9.17) is 0 Å². The summed E-state index contributed by atoms with van der Waals surface area (Å²) in [5.74, 6) is -4.15. The summed E-state index contributed by atoms with van der Waals surface area (Å²) in [4.78, 5) is 48.6. The predicted molar refractivity (Wildman–Crippen MR) is 76.7 cm³/mol. The first-order valence-corrected chi connectivity index (χ1v) is 7.64. The maximum Gasteiger partial charge on any atom is 0.405 e. The van der Waals surface area contributed by atoms with E-state index in [0.29, 0.717) is 12.8 Å². The van der Waals surface area contributed by atoms with Crippen molar-refractivity contribution in [2.75, 3.05) is 13.2 Å². The number of carbonyl (C=O) groups excluding carboxylic acids is 4. The van der Waals surface area contributed by atoms with Crippen molar-refractivity contribution < 1.29 is 37.1 Å². The van der Waals surface area contributed by atoms with Crippen molar-refractivity contribution in [2.45, 2.75) is 32.0 Å². The summed E-state index contributed by atoms with van der Waals surface area (Å²) < 4.78 is 40.5. The highest BCUT2D eigenvalue weighted by atomic mass is 19.4. The minimum Gasteiger partial charge on any atom is -0.454 e. The van der Waals surface area contributed by atoms with Gasteiger partial charge in [0.05, 0.1) is 11.8 Å². The Morgan fingerprint density at radius 2 is 1.76 bits per heavy atom. The molecule has 1 fully saturated rings. The number of allylic oxidation sites excluding steroid dienone is 2. The van der Waals surface area contributed by atoms with Crippen molar-refractivity contribution in [1.82, 2.24) is 10.2 Å². The van der Waals surface area contributed by atoms with Gasteiger partial charge < -0.3 is 10.1 Å². The number of hydrogen-bond donors (Lipinski definition) is 1. The molecule has 0 aromatic heterocycles. The molecule has 0 aromatic rings. The number of hydrogen-bond acceptors (Lipinski definition) is 5. The van der Waals surface area contributed by atoms with Gasteiger partial charge in [0.1, 0.15) is 12.6 Å². The number of imide groups is 1. The Balaban J connectivity index is 1.89. The molecule has 3 atom stereocenters. The van der Waals surface area contributed by atoms with Crippen LogP contribution in [0.25, 0.3) is 0 Å². The molecule has 3 amide bonds. The van der Waals surface area contributed by atoms with Crippen LogP contribution < -0.4 is 5.32 Å². The zero-order valence-corrected chi connectivity index (χ0v) is 13.3. The number of ether oxygens (including phenoxy) is 1. The molecule has 1 saturated heterocycles. The molecule has 1 heterocycles. The largest absolute Gasteiger partial charge is 0.454 e. The van der Waals surface area contributed by atoms with E-state index < -0.39 is 60.9 Å². The number of nitrogens with one attached hydrogen (secondary N) is 1. The number of likely N-dealkylation sites (tertiary alicyclic amines) is 1. The van der Waals surface area contributed by atoms with Gasteiger partial charge in [0.15, 0.2) is 6.61 Å². The van der Waals surface area contributed by atoms with E-state index in [-0.39, 0.29) is 0 Å². The smallest absolute Gasteiger partial charge is 0.405 e. The quantitative estimate of drug-likeness (QED) is 0.438. The van der Waals surface area contributed by atoms with Gasteiger partial charge in [0.2, 0.25) is 11.8 Å². The Bertz CT molecular complexity index is 591. The van der Waals surface area contributed by atoms with Crippen LogP contribution in [0, 0.1) is 11.8 Å². The molecule has 0 bridgehead atoms. The number of halogens is 3. The van der Waals surface area contributed by atoms with Crippen LogP contribution in [0.4, 0.5) is 13.2 Å². The number of carbonyl (C=O) groups is 4. The van der Waals surface area contributed by atoms with Crippen LogP contribution in [0.5, 0.6) is 0 Å². The normalized spacial score (nSPS) is 24.1. The van der Waals surface area contributed by atoms with Crippen molar-refractivity contribution in [3.05, 3.63) is 12.2 Å². The van der Waals surface area contributed by atoms with E-state index in [9.17, 15) is 32.3 Å². The van der Waals surface area contributed by atoms with Crippen LogP contribution in [0.15, 0.2) is 12.2 Å². The van der Waals surface area contributed by atoms with Crippen LogP contribution in [0.1, 0.15) is 19.8 Å². The number of nitrogens with zero attached hydrogens (tertiary/aromatic N) is 1. The molecule has 0 aromatic carbocycles. The SMILES string of the molecule is C[C@@H](C(=O)OCC(=O)NCC(F)(F)F)N1C(=O)[C@H]2CC=CC[C@H]2C1=O. The van der Waals surface area contributed by atoms with Crippen molar-refractivity contribution in [3.8, 4) is 0 Å². The first-order chi connectivity index (χ1) is 11.6. The molecular formula is C15H17F3N2O5. The van der Waals surface area contributed by atoms with E-state index in [1.54, 1.807) is 17.5 Å². The first-order valence-electron chi connectivity index (χ1n) is 7.64. The lowest BCUT2D eigenvalue weighted by molar-refractivity contribution is -0.160. The van der Waals surface area contributed by atoms with Gasteiger partial charge in [0, 0.05) is 0 Å². The number of esters is 1. The van der Waals surface area contributed by atoms with Gasteiger partial charge in [-0.2, -0.15) is 13.2 Å². The second-order valence-corrected chi connectivity index (χ2v) is 5.88. The van der Waals surface area contributed by atoms with Crippen LogP contribution in [0.3, 0.4) is 0 Å². The standard InChI is InChI=1S/C15H17F3N2O5/c1-8(14(24)25-6-11(21)19-7-15(16,17)18)20-12(22)9-4-2-3-5-10(9)13(20)23/h2-3,8-10H,4-7H2,1H3,(H,19,21)/t8-,9-,10+/m0/s1. The number of amides is 3. The first kappa shape index (κ1) is 18.9. The summed E-state index contributed by atoms with van der Waals surface area (Å²) in [6, 6.07) is -1.25. The lowest BCUT2D eigenvalue weighted by atomic mass is 9.85. The molecule has 1 N–H and O–H groups in total. The van der Waals surface area contributed by atoms with E-state index in [1.165, 1.54) is 6.92 Å². The predicted octanol–water partition coefficient (Wildman–Crippen LogP) is 0.548. The van der Waals surface area contributed by atoms with Crippen molar-refractivity contribution in [1.29, 1.82) is 0 Å². The van der Waals surface area contributed by atoms with E-state index in [0.717, 1.165) is 4.90 Å². The summed E-state index contributed by atoms with van der Waals surface area (Å²) >= 11 is 0. The third-order valence-electron chi connectivity index (χ3n) is 4.10. The lowest BCUT2D eigenvalue weighted by Gasteiger charge is -2.21. The van der Waals surface area contributed by atoms with Crippen LogP contribution in [0.2, 0.25) is 0 Å². The molecule has 0 saturated carbocycles. The molecule has 1 aliphatic carbocycles. The van der Waals surface area contributed by atoms with Crippen molar-refractivity contribution in [3.63, 3.8) is 0 Å². The molecule has 1 aliphatic heterocycles. The van der Waals surface area contributed by atoms with Gasteiger partial charge in [-0.25, -0.2) is 4.79 Å². The summed E-state index contributed by atoms with van der Waals surface area (Å²) in [7, 11) is 0. The molecule has 7 nitrogen and oxygen atoms in total. The average molecular weight is 362 g/mol. The summed E-state index contributed by atoms with van der Waals surface area (Å²) in [5, 5.41) is 1.55. The Hall–Kier alpha value is -2.39. The van der Waals surface area contributed by atoms with Gasteiger partial charge >= 0.3 is 12.1 Å². The average Bonchev–Trinajstić information content (AvgIpc) is 2.81. The van der Waals surface area contributed by atoms with Crippen molar-refractivity contribution in [2.24, 2.45) is 11.8 Å². The molecule has 138 valence electrons. The zero-order chi connectivity index (χ0) is 18.8. The molecule has 0 spiro atoms. The van der Waals surface area contributed by atoms with Gasteiger partial charge in [0.25, 0.3) is 5.91 Å². The highest BCUT2D eigenvalue weighted by Crippen LogP contribution is 2.36. The van der Waals surface area contributed by atoms with Gasteiger partial charge in [-0.15, -0.1) is 0 Å².